The van der Waals surface area contributed by atoms with Gasteiger partial charge in [-0.1, -0.05) is 0 Å². The van der Waals surface area contributed by atoms with Gasteiger partial charge in [0.25, 0.3) is 0 Å². The Morgan fingerprint density at radius 1 is 1.70 bits per heavy atom. The van der Waals surface area contributed by atoms with Crippen LogP contribution in [0.15, 0.2) is 0 Å². The molecule has 0 aliphatic heterocycles. The Morgan fingerprint density at radius 2 is 2.10 bits per heavy atom. The van der Waals surface area contributed by atoms with Crippen molar-refractivity contribution < 1.29 is 19.4 Å². The van der Waals surface area contributed by atoms with Gasteiger partial charge in [-0.2, -0.15) is 0 Å². The van der Waals surface area contributed by atoms with Gasteiger partial charge in [-0.3, -0.25) is 4.79 Å². The van der Waals surface area contributed by atoms with Crippen molar-refractivity contribution in [3.05, 3.63) is 0 Å². The Bertz CT molecular complexity index is 127. The van der Waals surface area contributed by atoms with E-state index in [1.54, 1.807) is 0 Å². The number of aliphatic carboxylic acids is 1. The lowest BCUT2D eigenvalue weighted by Crippen LogP contribution is -2.33. The molecule has 0 aliphatic carbocycles. The summed E-state index contributed by atoms with van der Waals surface area (Å²) in [5.41, 5.74) is -1.83. The fourth-order valence-corrected chi connectivity index (χ4v) is 0.408. The van der Waals surface area contributed by atoms with E-state index in [0.29, 0.717) is 0 Å². The molecule has 0 aromatic carbocycles. The molecule has 1 atom stereocenters. The van der Waals surface area contributed by atoms with Gasteiger partial charge in [0.1, 0.15) is 5.67 Å². The van der Waals surface area contributed by atoms with E-state index in [0.717, 1.165) is 13.8 Å². The van der Waals surface area contributed by atoms with E-state index in [4.69, 9.17) is 10.2 Å². The van der Waals surface area contributed by atoms with Crippen LogP contribution in [-0.2, 0) is 4.79 Å². The number of alkyl halides is 1. The van der Waals surface area contributed by atoms with E-state index in [-0.39, 0.29) is 0 Å². The maximum absolute atomic E-state index is 12.6. The standard InChI is InChI=1S/C6H11FO3/c1-6(2,7)4(8)3-5(9)10/h4,8H,3H2,1-2H3,(H,9,10). The quantitative estimate of drug-likeness (QED) is 0.618. The number of aliphatic hydroxyl groups excluding tert-OH is 1. The van der Waals surface area contributed by atoms with Crippen LogP contribution in [0, 0.1) is 0 Å². The van der Waals surface area contributed by atoms with Gasteiger partial charge in [0.2, 0.25) is 0 Å². The Hall–Kier alpha value is -0.640. The summed E-state index contributed by atoms with van der Waals surface area (Å²) in [5, 5.41) is 16.9. The van der Waals surface area contributed by atoms with E-state index in [1.807, 2.05) is 0 Å². The first-order valence-electron chi connectivity index (χ1n) is 2.93. The zero-order valence-electron chi connectivity index (χ0n) is 5.97. The van der Waals surface area contributed by atoms with Crippen molar-refractivity contribution in [2.75, 3.05) is 0 Å². The van der Waals surface area contributed by atoms with Gasteiger partial charge in [-0.15, -0.1) is 0 Å². The topological polar surface area (TPSA) is 57.5 Å². The molecule has 0 aromatic rings. The van der Waals surface area contributed by atoms with E-state index in [1.165, 1.54) is 0 Å². The summed E-state index contributed by atoms with van der Waals surface area (Å²) in [7, 11) is 0. The first kappa shape index (κ1) is 9.36. The molecule has 0 saturated heterocycles. The van der Waals surface area contributed by atoms with E-state index in [9.17, 15) is 9.18 Å². The normalized spacial score (nSPS) is 14.8. The monoisotopic (exact) mass is 150 g/mol. The second-order valence-corrected chi connectivity index (χ2v) is 2.68. The van der Waals surface area contributed by atoms with Gasteiger partial charge in [-0.05, 0) is 13.8 Å². The van der Waals surface area contributed by atoms with Gasteiger partial charge < -0.3 is 10.2 Å². The first-order chi connectivity index (χ1) is 4.34. The summed E-state index contributed by atoms with van der Waals surface area (Å²) in [6, 6.07) is 0. The maximum Gasteiger partial charge on any atom is 0.306 e. The van der Waals surface area contributed by atoms with Crippen LogP contribution in [0.5, 0.6) is 0 Å². The Kier molecular flexibility index (Phi) is 2.77. The molecule has 0 rings (SSSR count). The second-order valence-electron chi connectivity index (χ2n) is 2.68. The number of hydrogen-bond donors (Lipinski definition) is 2. The van der Waals surface area contributed by atoms with Gasteiger partial charge >= 0.3 is 5.97 Å². The number of carbonyl (C=O) groups is 1. The number of hydrogen-bond acceptors (Lipinski definition) is 2. The van der Waals surface area contributed by atoms with Gasteiger partial charge in [0, 0.05) is 0 Å². The summed E-state index contributed by atoms with van der Waals surface area (Å²) in [6.45, 7) is 2.28. The second kappa shape index (κ2) is 2.96. The Morgan fingerprint density at radius 3 is 2.20 bits per heavy atom. The zero-order chi connectivity index (χ0) is 8.36. The average Bonchev–Trinajstić information content (AvgIpc) is 1.60. The minimum Gasteiger partial charge on any atom is -0.481 e. The van der Waals surface area contributed by atoms with Crippen LogP contribution in [0.3, 0.4) is 0 Å². The summed E-state index contributed by atoms with van der Waals surface area (Å²) in [4.78, 5) is 9.93. The van der Waals surface area contributed by atoms with E-state index < -0.39 is 24.2 Å². The molecule has 1 unspecified atom stereocenters. The number of carboxylic acid groups (broad SMARTS) is 1. The molecule has 0 saturated carbocycles. The van der Waals surface area contributed by atoms with E-state index >= 15 is 0 Å². The molecule has 0 spiro atoms. The molecule has 0 heterocycles. The van der Waals surface area contributed by atoms with Crippen LogP contribution in [0.4, 0.5) is 4.39 Å². The Balaban J connectivity index is 3.85. The smallest absolute Gasteiger partial charge is 0.306 e. The molecule has 0 radical (unpaired) electrons. The number of halogens is 1. The molecule has 0 amide bonds. The molecule has 4 heteroatoms. The SMILES string of the molecule is CC(C)(F)C(O)CC(=O)O. The minimum absolute atomic E-state index is 0.552. The molecule has 0 bridgehead atoms. The third-order valence-electron chi connectivity index (χ3n) is 1.16. The zero-order valence-corrected chi connectivity index (χ0v) is 5.97. The van der Waals surface area contributed by atoms with Crippen LogP contribution >= 0.6 is 0 Å². The van der Waals surface area contributed by atoms with E-state index in [2.05, 4.69) is 0 Å². The van der Waals surface area contributed by atoms with Crippen LogP contribution in [0.1, 0.15) is 20.3 Å². The van der Waals surface area contributed by atoms with Crippen LogP contribution in [-0.4, -0.2) is 28.0 Å². The molecule has 3 nitrogen and oxygen atoms in total. The van der Waals surface area contributed by atoms with Crippen molar-refractivity contribution in [2.24, 2.45) is 0 Å². The number of carboxylic acids is 1. The highest BCUT2D eigenvalue weighted by atomic mass is 19.1. The Labute approximate surface area is 58.5 Å². The molecule has 2 N–H and O–H groups in total. The largest absolute Gasteiger partial charge is 0.481 e. The van der Waals surface area contributed by atoms with Gasteiger partial charge in [0.15, 0.2) is 0 Å². The summed E-state index contributed by atoms with van der Waals surface area (Å²) in [6.07, 6.45) is -1.98. The lowest BCUT2D eigenvalue weighted by atomic mass is 10.0. The van der Waals surface area contributed by atoms with Crippen molar-refractivity contribution in [2.45, 2.75) is 32.0 Å². The third kappa shape index (κ3) is 3.40. The number of rotatable bonds is 3. The van der Waals surface area contributed by atoms with Crippen molar-refractivity contribution >= 4 is 5.97 Å². The molecule has 0 aromatic heterocycles. The fourth-order valence-electron chi connectivity index (χ4n) is 0.408. The van der Waals surface area contributed by atoms with Crippen molar-refractivity contribution in [3.63, 3.8) is 0 Å². The highest BCUT2D eigenvalue weighted by Gasteiger charge is 2.28. The molecular formula is C6H11FO3. The highest BCUT2D eigenvalue weighted by Crippen LogP contribution is 2.16. The molecule has 0 aliphatic rings. The average molecular weight is 150 g/mol. The predicted molar refractivity (Wildman–Crippen MR) is 33.4 cm³/mol. The maximum atomic E-state index is 12.6. The third-order valence-corrected chi connectivity index (χ3v) is 1.16. The summed E-state index contributed by atoms with van der Waals surface area (Å²) < 4.78 is 12.6. The van der Waals surface area contributed by atoms with Gasteiger partial charge in [-0.25, -0.2) is 4.39 Å². The van der Waals surface area contributed by atoms with Crippen LogP contribution in [0.25, 0.3) is 0 Å². The lowest BCUT2D eigenvalue weighted by molar-refractivity contribution is -0.141. The molecule has 60 valence electrons. The molecular weight excluding hydrogens is 139 g/mol. The predicted octanol–water partition coefficient (Wildman–Crippen LogP) is 0.570. The summed E-state index contributed by atoms with van der Waals surface area (Å²) >= 11 is 0. The number of aliphatic hydroxyl groups is 1. The first-order valence-corrected chi connectivity index (χ1v) is 2.93. The van der Waals surface area contributed by atoms with Crippen molar-refractivity contribution in [1.29, 1.82) is 0 Å². The van der Waals surface area contributed by atoms with Crippen LogP contribution in [0.2, 0.25) is 0 Å². The van der Waals surface area contributed by atoms with Crippen molar-refractivity contribution in [1.82, 2.24) is 0 Å². The summed E-state index contributed by atoms with van der Waals surface area (Å²) in [5.74, 6) is -1.20. The van der Waals surface area contributed by atoms with Gasteiger partial charge in [0.05, 0.1) is 12.5 Å². The minimum atomic E-state index is -1.83. The molecule has 0 fully saturated rings. The van der Waals surface area contributed by atoms with Crippen molar-refractivity contribution in [3.8, 4) is 0 Å². The van der Waals surface area contributed by atoms with Crippen LogP contribution < -0.4 is 0 Å². The highest BCUT2D eigenvalue weighted by molar-refractivity contribution is 5.67. The lowest BCUT2D eigenvalue weighted by Gasteiger charge is -2.19. The fraction of sp³-hybridized carbons (Fsp3) is 0.833. The molecule has 10 heavy (non-hydrogen) atoms.